The van der Waals surface area contributed by atoms with Crippen molar-refractivity contribution in [2.75, 3.05) is 7.11 Å². The van der Waals surface area contributed by atoms with Gasteiger partial charge < -0.3 is 9.84 Å². The molecule has 1 aromatic carbocycles. The lowest BCUT2D eigenvalue weighted by Crippen LogP contribution is -1.90. The number of ether oxygens (including phenoxy) is 1. The first-order valence-electron chi connectivity index (χ1n) is 9.72. The lowest BCUT2D eigenvalue weighted by atomic mass is 10.00. The van der Waals surface area contributed by atoms with E-state index in [1.165, 1.54) is 25.7 Å². The predicted octanol–water partition coefficient (Wildman–Crippen LogP) is 7.07. The first-order valence-corrected chi connectivity index (χ1v) is 9.72. The van der Waals surface area contributed by atoms with Gasteiger partial charge in [-0.05, 0) is 49.7 Å². The van der Waals surface area contributed by atoms with Gasteiger partial charge in [-0.15, -0.1) is 0 Å². The van der Waals surface area contributed by atoms with Gasteiger partial charge in [-0.2, -0.15) is 0 Å². The van der Waals surface area contributed by atoms with Gasteiger partial charge in [0.2, 0.25) is 0 Å². The summed E-state index contributed by atoms with van der Waals surface area (Å²) >= 11 is 0. The first-order chi connectivity index (χ1) is 12.0. The maximum absolute atomic E-state index is 8.99. The van der Waals surface area contributed by atoms with Crippen LogP contribution in [0.4, 0.5) is 0 Å². The van der Waals surface area contributed by atoms with Crippen LogP contribution in [0.5, 0.6) is 11.5 Å². The molecule has 0 radical (unpaired) electrons. The standard InChI is InChI=1S/C10H14.C8H10O2.C3H8.C2H6/c1-8-7-10(8)9-5-3-2-4-6-9;1-6-3-4-7(9)5-8(6)10-2;1-3-2;1-2/h2-3,5,8,10H,4,6-7H2,1H3;3-5,9H,1-2H3;3H2,1-2H3;1-2H3. The summed E-state index contributed by atoms with van der Waals surface area (Å²) in [4.78, 5) is 0. The third-order valence-electron chi connectivity index (χ3n) is 4.02. The topological polar surface area (TPSA) is 29.5 Å². The average Bonchev–Trinajstić information content (AvgIpc) is 3.38. The van der Waals surface area contributed by atoms with E-state index in [4.69, 9.17) is 9.84 Å². The number of hydrogen-bond acceptors (Lipinski definition) is 2. The summed E-state index contributed by atoms with van der Waals surface area (Å²) < 4.78 is 4.97. The molecule has 2 aliphatic rings. The van der Waals surface area contributed by atoms with Crippen LogP contribution < -0.4 is 4.74 Å². The Bertz CT molecular complexity index is 529. The fourth-order valence-electron chi connectivity index (χ4n) is 2.58. The Morgan fingerprint density at radius 2 is 1.80 bits per heavy atom. The van der Waals surface area contributed by atoms with Crippen LogP contribution in [-0.2, 0) is 0 Å². The van der Waals surface area contributed by atoms with Crippen molar-refractivity contribution in [3.8, 4) is 11.5 Å². The quantitative estimate of drug-likeness (QED) is 0.620. The molecule has 0 aromatic heterocycles. The molecule has 0 spiro atoms. The Morgan fingerprint density at radius 1 is 1.20 bits per heavy atom. The fourth-order valence-corrected chi connectivity index (χ4v) is 2.58. The minimum absolute atomic E-state index is 0.238. The number of aromatic hydroxyl groups is 1. The smallest absolute Gasteiger partial charge is 0.125 e. The molecule has 3 rings (SSSR count). The number of methoxy groups -OCH3 is 1. The molecular weight excluding hydrogens is 308 g/mol. The molecule has 0 saturated heterocycles. The Balaban J connectivity index is 0.000000368. The molecule has 0 aliphatic heterocycles. The molecule has 2 heteroatoms. The summed E-state index contributed by atoms with van der Waals surface area (Å²) in [6, 6.07) is 5.04. The van der Waals surface area contributed by atoms with Crippen LogP contribution in [0.2, 0.25) is 0 Å². The van der Waals surface area contributed by atoms with E-state index in [1.54, 1.807) is 24.8 Å². The summed E-state index contributed by atoms with van der Waals surface area (Å²) in [5.74, 6) is 2.91. The van der Waals surface area contributed by atoms with Crippen molar-refractivity contribution in [3.63, 3.8) is 0 Å². The van der Waals surface area contributed by atoms with Crippen molar-refractivity contribution in [1.29, 1.82) is 0 Å². The highest BCUT2D eigenvalue weighted by atomic mass is 16.5. The number of hydrogen-bond donors (Lipinski definition) is 1. The van der Waals surface area contributed by atoms with Gasteiger partial charge in [-0.1, -0.05) is 70.9 Å². The highest BCUT2D eigenvalue weighted by molar-refractivity contribution is 5.38. The Hall–Kier alpha value is -1.70. The summed E-state index contributed by atoms with van der Waals surface area (Å²) in [5.41, 5.74) is 2.73. The van der Waals surface area contributed by atoms with Gasteiger partial charge in [0.1, 0.15) is 11.5 Å². The van der Waals surface area contributed by atoms with Crippen molar-refractivity contribution in [2.45, 2.75) is 67.2 Å². The number of rotatable bonds is 2. The van der Waals surface area contributed by atoms with Crippen molar-refractivity contribution >= 4 is 0 Å². The van der Waals surface area contributed by atoms with Gasteiger partial charge in [-0.25, -0.2) is 0 Å². The van der Waals surface area contributed by atoms with E-state index >= 15 is 0 Å². The Labute approximate surface area is 155 Å². The van der Waals surface area contributed by atoms with Gasteiger partial charge in [0.05, 0.1) is 7.11 Å². The van der Waals surface area contributed by atoms with E-state index in [1.807, 2.05) is 26.8 Å². The SMILES string of the molecule is CC.CC1CC1C1=CC=CCC1.CCC.COc1cc(O)ccc1C. The molecule has 2 atom stereocenters. The molecule has 0 bridgehead atoms. The van der Waals surface area contributed by atoms with Crippen molar-refractivity contribution < 1.29 is 9.84 Å². The van der Waals surface area contributed by atoms with Crippen LogP contribution in [-0.4, -0.2) is 12.2 Å². The monoisotopic (exact) mass is 346 g/mol. The normalized spacial score (nSPS) is 19.7. The largest absolute Gasteiger partial charge is 0.508 e. The van der Waals surface area contributed by atoms with Gasteiger partial charge in [0.15, 0.2) is 0 Å². The van der Waals surface area contributed by atoms with Crippen molar-refractivity contribution in [1.82, 2.24) is 0 Å². The van der Waals surface area contributed by atoms with E-state index in [2.05, 4.69) is 39.0 Å². The van der Waals surface area contributed by atoms with Crippen LogP contribution in [0, 0.1) is 18.8 Å². The third kappa shape index (κ3) is 9.38. The molecule has 0 heterocycles. The molecule has 1 N–H and O–H groups in total. The fraction of sp³-hybridized carbons (Fsp3) is 0.565. The molecule has 1 fully saturated rings. The number of allylic oxidation sites excluding steroid dienone is 4. The van der Waals surface area contributed by atoms with E-state index in [-0.39, 0.29) is 5.75 Å². The van der Waals surface area contributed by atoms with Gasteiger partial charge in [0.25, 0.3) is 0 Å². The summed E-state index contributed by atoms with van der Waals surface area (Å²) in [6.07, 6.45) is 12.1. The van der Waals surface area contributed by atoms with Crippen LogP contribution in [0.25, 0.3) is 0 Å². The zero-order valence-electron chi connectivity index (χ0n) is 17.3. The second kappa shape index (κ2) is 13.6. The van der Waals surface area contributed by atoms with Gasteiger partial charge in [0, 0.05) is 6.07 Å². The Morgan fingerprint density at radius 3 is 2.20 bits per heavy atom. The molecule has 2 aliphatic carbocycles. The second-order valence-electron chi connectivity index (χ2n) is 6.39. The van der Waals surface area contributed by atoms with Crippen molar-refractivity contribution in [3.05, 3.63) is 47.6 Å². The molecular formula is C23H38O2. The van der Waals surface area contributed by atoms with Crippen LogP contribution in [0.1, 0.15) is 65.9 Å². The number of phenols is 1. The number of phenolic OH excluding ortho intramolecular Hbond substituents is 1. The van der Waals surface area contributed by atoms with Crippen molar-refractivity contribution in [2.24, 2.45) is 11.8 Å². The maximum Gasteiger partial charge on any atom is 0.125 e. The zero-order chi connectivity index (χ0) is 19.2. The number of benzene rings is 1. The predicted molar refractivity (Wildman–Crippen MR) is 110 cm³/mol. The lowest BCUT2D eigenvalue weighted by Gasteiger charge is -2.06. The second-order valence-corrected chi connectivity index (χ2v) is 6.39. The summed E-state index contributed by atoms with van der Waals surface area (Å²) in [5, 5.41) is 8.99. The average molecular weight is 347 g/mol. The van der Waals surface area contributed by atoms with E-state index in [0.717, 1.165) is 23.1 Å². The summed E-state index contributed by atoms with van der Waals surface area (Å²) in [7, 11) is 1.59. The van der Waals surface area contributed by atoms with Gasteiger partial charge in [-0.3, -0.25) is 0 Å². The minimum atomic E-state index is 0.238. The lowest BCUT2D eigenvalue weighted by molar-refractivity contribution is 0.404. The highest BCUT2D eigenvalue weighted by Gasteiger charge is 2.34. The Kier molecular flexibility index (Phi) is 12.7. The summed E-state index contributed by atoms with van der Waals surface area (Å²) in [6.45, 7) is 12.5. The van der Waals surface area contributed by atoms with E-state index in [0.29, 0.717) is 0 Å². The first kappa shape index (κ1) is 23.3. The molecule has 1 aromatic rings. The molecule has 1 saturated carbocycles. The van der Waals surface area contributed by atoms with Crippen LogP contribution in [0.3, 0.4) is 0 Å². The molecule has 25 heavy (non-hydrogen) atoms. The molecule has 2 unspecified atom stereocenters. The van der Waals surface area contributed by atoms with E-state index in [9.17, 15) is 0 Å². The molecule has 0 amide bonds. The van der Waals surface area contributed by atoms with Crippen LogP contribution >= 0.6 is 0 Å². The molecule has 2 nitrogen and oxygen atoms in total. The minimum Gasteiger partial charge on any atom is -0.508 e. The number of aryl methyl sites for hydroxylation is 1. The zero-order valence-corrected chi connectivity index (χ0v) is 17.3. The van der Waals surface area contributed by atoms with Gasteiger partial charge >= 0.3 is 0 Å². The van der Waals surface area contributed by atoms with Crippen LogP contribution in [0.15, 0.2) is 42.0 Å². The third-order valence-corrected chi connectivity index (χ3v) is 4.02. The molecule has 142 valence electrons. The maximum atomic E-state index is 8.99. The highest BCUT2D eigenvalue weighted by Crippen LogP contribution is 2.45. The van der Waals surface area contributed by atoms with E-state index < -0.39 is 0 Å².